The van der Waals surface area contributed by atoms with Crippen molar-refractivity contribution in [1.29, 1.82) is 0 Å². The minimum absolute atomic E-state index is 0.0413. The molecule has 0 unspecified atom stereocenters. The van der Waals surface area contributed by atoms with E-state index in [2.05, 4.69) is 10.3 Å². The summed E-state index contributed by atoms with van der Waals surface area (Å²) in [6.45, 7) is 1.95. The van der Waals surface area contributed by atoms with Crippen LogP contribution in [0.25, 0.3) is 0 Å². The fraction of sp³-hybridized carbons (Fsp3) is 0.320. The molecule has 0 aliphatic carbocycles. The van der Waals surface area contributed by atoms with Gasteiger partial charge in [0, 0.05) is 42.9 Å². The Morgan fingerprint density at radius 3 is 2.41 bits per heavy atom. The number of rotatable bonds is 10. The van der Waals surface area contributed by atoms with Crippen LogP contribution in [-0.4, -0.2) is 43.9 Å². The number of pyridine rings is 1. The smallest absolute Gasteiger partial charge is 0.343 e. The molecular weight excluding hydrogens is 440 g/mol. The Morgan fingerprint density at radius 1 is 1.09 bits per heavy atom. The Balaban J connectivity index is 1.98. The van der Waals surface area contributed by atoms with E-state index in [4.69, 9.17) is 18.6 Å². The highest BCUT2D eigenvalue weighted by atomic mass is 16.5. The van der Waals surface area contributed by atoms with Crippen LogP contribution >= 0.6 is 0 Å². The number of aromatic nitrogens is 1. The van der Waals surface area contributed by atoms with Crippen molar-refractivity contribution >= 4 is 5.91 Å². The number of benzene rings is 1. The molecule has 0 spiro atoms. The van der Waals surface area contributed by atoms with Crippen molar-refractivity contribution in [3.63, 3.8) is 0 Å². The predicted octanol–water partition coefficient (Wildman–Crippen LogP) is 2.96. The summed E-state index contributed by atoms with van der Waals surface area (Å²) in [5.41, 5.74) is 0.727. The third-order valence-corrected chi connectivity index (χ3v) is 5.42. The van der Waals surface area contributed by atoms with Gasteiger partial charge in [0.2, 0.25) is 11.7 Å². The second kappa shape index (κ2) is 11.2. The molecule has 1 atom stereocenters. The van der Waals surface area contributed by atoms with Gasteiger partial charge in [-0.15, -0.1) is 0 Å². The first-order chi connectivity index (χ1) is 16.4. The van der Waals surface area contributed by atoms with E-state index in [1.54, 1.807) is 31.5 Å². The summed E-state index contributed by atoms with van der Waals surface area (Å²) in [5.74, 6) is -0.171. The zero-order valence-electron chi connectivity index (χ0n) is 19.6. The monoisotopic (exact) mass is 468 g/mol. The summed E-state index contributed by atoms with van der Waals surface area (Å²) in [6, 6.07) is 8.42. The van der Waals surface area contributed by atoms with Crippen molar-refractivity contribution in [3.05, 3.63) is 75.6 Å². The van der Waals surface area contributed by atoms with Gasteiger partial charge in [0.15, 0.2) is 11.5 Å². The number of aromatic hydroxyl groups is 1. The van der Waals surface area contributed by atoms with Crippen LogP contribution in [-0.2, 0) is 11.2 Å². The summed E-state index contributed by atoms with van der Waals surface area (Å²) < 4.78 is 21.6. The molecule has 0 radical (unpaired) electrons. The molecule has 0 saturated carbocycles. The highest BCUT2D eigenvalue weighted by Crippen LogP contribution is 2.45. The lowest BCUT2D eigenvalue weighted by atomic mass is 9.87. The predicted molar refractivity (Wildman–Crippen MR) is 125 cm³/mol. The van der Waals surface area contributed by atoms with Gasteiger partial charge in [-0.3, -0.25) is 9.78 Å². The maximum Gasteiger partial charge on any atom is 0.343 e. The Kier molecular flexibility index (Phi) is 8.13. The van der Waals surface area contributed by atoms with E-state index in [0.29, 0.717) is 30.0 Å². The maximum absolute atomic E-state index is 12.9. The van der Waals surface area contributed by atoms with Gasteiger partial charge in [0.1, 0.15) is 11.5 Å². The second-order valence-electron chi connectivity index (χ2n) is 7.58. The molecular formula is C25H28N2O7. The van der Waals surface area contributed by atoms with E-state index in [0.717, 1.165) is 5.56 Å². The number of hydrogen-bond donors (Lipinski definition) is 2. The van der Waals surface area contributed by atoms with E-state index in [1.165, 1.54) is 27.4 Å². The number of amides is 1. The topological polar surface area (TPSA) is 120 Å². The van der Waals surface area contributed by atoms with E-state index in [1.807, 2.05) is 12.1 Å². The normalized spacial score (nSPS) is 11.5. The maximum atomic E-state index is 12.9. The molecule has 180 valence electrons. The lowest BCUT2D eigenvalue weighted by Crippen LogP contribution is -2.29. The van der Waals surface area contributed by atoms with Gasteiger partial charge in [-0.25, -0.2) is 4.79 Å². The highest BCUT2D eigenvalue weighted by molar-refractivity contribution is 5.78. The van der Waals surface area contributed by atoms with Gasteiger partial charge in [-0.2, -0.15) is 0 Å². The van der Waals surface area contributed by atoms with Gasteiger partial charge < -0.3 is 29.1 Å². The molecule has 1 amide bonds. The van der Waals surface area contributed by atoms with Crippen molar-refractivity contribution in [1.82, 2.24) is 10.3 Å². The number of ether oxygens (including phenoxy) is 3. The van der Waals surface area contributed by atoms with Gasteiger partial charge in [0.05, 0.1) is 26.9 Å². The third kappa shape index (κ3) is 5.48. The van der Waals surface area contributed by atoms with Crippen molar-refractivity contribution in [2.75, 3.05) is 27.9 Å². The van der Waals surface area contributed by atoms with Crippen molar-refractivity contribution in [2.24, 2.45) is 0 Å². The molecule has 2 heterocycles. The van der Waals surface area contributed by atoms with Gasteiger partial charge in [0.25, 0.3) is 0 Å². The number of nitrogens with zero attached hydrogens (tertiary/aromatic N) is 1. The number of methoxy groups -OCH3 is 3. The highest BCUT2D eigenvalue weighted by Gasteiger charge is 2.30. The lowest BCUT2D eigenvalue weighted by Gasteiger charge is -2.22. The number of nitrogens with one attached hydrogen (secondary N) is 1. The molecule has 9 heteroatoms. The van der Waals surface area contributed by atoms with Crippen LogP contribution in [0.5, 0.6) is 23.0 Å². The molecule has 1 aromatic carbocycles. The van der Waals surface area contributed by atoms with Crippen LogP contribution < -0.4 is 25.2 Å². The van der Waals surface area contributed by atoms with E-state index >= 15 is 0 Å². The van der Waals surface area contributed by atoms with Crippen LogP contribution in [0.15, 0.2) is 51.9 Å². The molecule has 0 fully saturated rings. The van der Waals surface area contributed by atoms with Gasteiger partial charge >= 0.3 is 5.63 Å². The number of aryl methyl sites for hydroxylation is 1. The first kappa shape index (κ1) is 24.6. The fourth-order valence-electron chi connectivity index (χ4n) is 3.85. The molecule has 9 nitrogen and oxygen atoms in total. The molecule has 0 saturated heterocycles. The lowest BCUT2D eigenvalue weighted by molar-refractivity contribution is -0.121. The van der Waals surface area contributed by atoms with Crippen molar-refractivity contribution in [2.45, 2.75) is 25.7 Å². The van der Waals surface area contributed by atoms with E-state index < -0.39 is 11.5 Å². The first-order valence-electron chi connectivity index (χ1n) is 10.7. The van der Waals surface area contributed by atoms with Crippen LogP contribution in [0.2, 0.25) is 0 Å². The summed E-state index contributed by atoms with van der Waals surface area (Å²) in [5, 5.41) is 13.5. The van der Waals surface area contributed by atoms with Crippen LogP contribution in [0.1, 0.15) is 34.8 Å². The summed E-state index contributed by atoms with van der Waals surface area (Å²) in [7, 11) is 4.40. The van der Waals surface area contributed by atoms with Crippen LogP contribution in [0.4, 0.5) is 0 Å². The number of hydrogen-bond acceptors (Lipinski definition) is 8. The Morgan fingerprint density at radius 2 is 1.79 bits per heavy atom. The standard InChI is InChI=1S/C25H28N2O7/c1-15-13-19(28)22(25(30)34-15)18(14-21(29)27-12-9-16-7-10-26-11-8-16)17-5-6-20(31-2)24(33-4)23(17)32-3/h5-8,10-11,13,18,28H,9,12,14H2,1-4H3,(H,27,29)/t18-/m0/s1. The minimum atomic E-state index is -0.868. The largest absolute Gasteiger partial charge is 0.507 e. The van der Waals surface area contributed by atoms with Gasteiger partial charge in [-0.1, -0.05) is 6.07 Å². The van der Waals surface area contributed by atoms with Crippen LogP contribution in [0, 0.1) is 6.92 Å². The average molecular weight is 469 g/mol. The quantitative estimate of drug-likeness (QED) is 0.466. The first-order valence-corrected chi connectivity index (χ1v) is 10.7. The molecule has 34 heavy (non-hydrogen) atoms. The molecule has 3 rings (SSSR count). The summed E-state index contributed by atoms with van der Waals surface area (Å²) in [4.78, 5) is 29.7. The third-order valence-electron chi connectivity index (χ3n) is 5.42. The van der Waals surface area contributed by atoms with Crippen LogP contribution in [0.3, 0.4) is 0 Å². The number of carbonyl (C=O) groups is 1. The minimum Gasteiger partial charge on any atom is -0.507 e. The average Bonchev–Trinajstić information content (AvgIpc) is 2.82. The van der Waals surface area contributed by atoms with Crippen molar-refractivity contribution in [3.8, 4) is 23.0 Å². The summed E-state index contributed by atoms with van der Waals surface area (Å²) >= 11 is 0. The summed E-state index contributed by atoms with van der Waals surface area (Å²) in [6.07, 6.45) is 3.87. The molecule has 2 N–H and O–H groups in total. The van der Waals surface area contributed by atoms with E-state index in [-0.39, 0.29) is 35.2 Å². The molecule has 2 aromatic heterocycles. The SMILES string of the molecule is COc1ccc([C@H](CC(=O)NCCc2ccncc2)c2c(O)cc(C)oc2=O)c(OC)c1OC. The van der Waals surface area contributed by atoms with Gasteiger partial charge in [-0.05, 0) is 37.1 Å². The number of carbonyl (C=O) groups excluding carboxylic acids is 1. The fourth-order valence-corrected chi connectivity index (χ4v) is 3.85. The zero-order valence-corrected chi connectivity index (χ0v) is 19.6. The Labute approximate surface area is 197 Å². The molecule has 0 aliphatic heterocycles. The Hall–Kier alpha value is -4.01. The van der Waals surface area contributed by atoms with E-state index in [9.17, 15) is 14.7 Å². The Bertz CT molecular complexity index is 1190. The molecule has 0 bridgehead atoms. The molecule has 0 aliphatic rings. The zero-order chi connectivity index (χ0) is 24.7. The van der Waals surface area contributed by atoms with Crippen molar-refractivity contribution < 1.29 is 28.5 Å². The second-order valence-corrected chi connectivity index (χ2v) is 7.58. The molecule has 3 aromatic rings.